The van der Waals surface area contributed by atoms with Crippen molar-refractivity contribution >= 4 is 10.9 Å². The van der Waals surface area contributed by atoms with Gasteiger partial charge in [0.05, 0.1) is 11.2 Å². The molecule has 2 heteroatoms. The lowest BCUT2D eigenvalue weighted by atomic mass is 9.82. The monoisotopic (exact) mass is 385 g/mol. The second-order valence-electron chi connectivity index (χ2n) is 7.72. The third-order valence-electron chi connectivity index (χ3n) is 6.08. The van der Waals surface area contributed by atoms with Crippen LogP contribution in [-0.4, -0.2) is 10.1 Å². The van der Waals surface area contributed by atoms with Crippen LogP contribution in [0.2, 0.25) is 0 Å². The maximum absolute atomic E-state index is 12.4. The van der Waals surface area contributed by atoms with E-state index in [1.165, 1.54) is 0 Å². The Morgan fingerprint density at radius 1 is 0.633 bits per heavy atom. The molecule has 0 bridgehead atoms. The predicted octanol–water partition coefficient (Wildman–Crippen LogP) is 6.17. The number of benzene rings is 4. The normalized spacial score (nSPS) is 17.0. The highest BCUT2D eigenvalue weighted by Gasteiger charge is 2.45. The highest BCUT2D eigenvalue weighted by molar-refractivity contribution is 6.01. The molecule has 0 aliphatic heterocycles. The van der Waals surface area contributed by atoms with Crippen molar-refractivity contribution in [1.82, 2.24) is 4.98 Å². The number of para-hydroxylation sites is 1. The summed E-state index contributed by atoms with van der Waals surface area (Å²) in [6.45, 7) is 0. The Bertz CT molecular complexity index is 1390. The van der Waals surface area contributed by atoms with Crippen molar-refractivity contribution in [1.29, 1.82) is 0 Å². The Hall–Kier alpha value is -3.75. The van der Waals surface area contributed by atoms with Gasteiger partial charge in [0, 0.05) is 27.6 Å². The summed E-state index contributed by atoms with van der Waals surface area (Å²) in [5, 5.41) is 13.4. The largest absolute Gasteiger partial charge is 0.376 e. The summed E-state index contributed by atoms with van der Waals surface area (Å²) >= 11 is 0. The number of pyridine rings is 1. The van der Waals surface area contributed by atoms with E-state index < -0.39 is 5.60 Å². The van der Waals surface area contributed by atoms with Gasteiger partial charge in [-0.15, -0.1) is 0 Å². The molecular weight excluding hydrogens is 366 g/mol. The summed E-state index contributed by atoms with van der Waals surface area (Å²) in [4.78, 5) is 5.06. The van der Waals surface area contributed by atoms with E-state index in [9.17, 15) is 5.11 Å². The lowest BCUT2D eigenvalue weighted by Crippen LogP contribution is -2.26. The number of aliphatic hydroxyl groups is 1. The Balaban J connectivity index is 1.83. The van der Waals surface area contributed by atoms with Crippen molar-refractivity contribution < 1.29 is 5.11 Å². The molecule has 1 aliphatic rings. The molecular formula is C28H19NO. The number of nitrogens with zero attached hydrogens (tertiary/aromatic N) is 1. The molecule has 5 aromatic rings. The van der Waals surface area contributed by atoms with E-state index in [4.69, 9.17) is 4.98 Å². The molecule has 6 rings (SSSR count). The summed E-state index contributed by atoms with van der Waals surface area (Å²) < 4.78 is 0. The van der Waals surface area contributed by atoms with Crippen molar-refractivity contribution in [3.05, 3.63) is 126 Å². The highest BCUT2D eigenvalue weighted by atomic mass is 16.3. The fraction of sp³-hybridized carbons (Fsp3) is 0.0357. The van der Waals surface area contributed by atoms with Gasteiger partial charge in [-0.05, 0) is 17.2 Å². The van der Waals surface area contributed by atoms with Crippen molar-refractivity contribution in [2.75, 3.05) is 0 Å². The van der Waals surface area contributed by atoms with Crippen LogP contribution in [0.25, 0.3) is 33.3 Å². The second-order valence-corrected chi connectivity index (χ2v) is 7.72. The van der Waals surface area contributed by atoms with Crippen LogP contribution >= 0.6 is 0 Å². The average Bonchev–Trinajstić information content (AvgIpc) is 3.10. The smallest absolute Gasteiger partial charge is 0.142 e. The van der Waals surface area contributed by atoms with Gasteiger partial charge >= 0.3 is 0 Å². The Kier molecular flexibility index (Phi) is 3.64. The van der Waals surface area contributed by atoms with Gasteiger partial charge < -0.3 is 5.11 Å². The molecule has 0 saturated carbocycles. The minimum absolute atomic E-state index is 0.867. The summed E-state index contributed by atoms with van der Waals surface area (Å²) in [5.41, 5.74) is 6.34. The van der Waals surface area contributed by atoms with Gasteiger partial charge in [-0.3, -0.25) is 0 Å². The van der Waals surface area contributed by atoms with Crippen molar-refractivity contribution in [2.24, 2.45) is 0 Å². The zero-order valence-electron chi connectivity index (χ0n) is 16.3. The summed E-state index contributed by atoms with van der Waals surface area (Å²) in [6.07, 6.45) is 0. The highest BCUT2D eigenvalue weighted by Crippen LogP contribution is 2.55. The average molecular weight is 385 g/mol. The minimum Gasteiger partial charge on any atom is -0.376 e. The molecule has 30 heavy (non-hydrogen) atoms. The van der Waals surface area contributed by atoms with Crippen LogP contribution in [-0.2, 0) is 5.60 Å². The molecule has 1 heterocycles. The molecule has 2 nitrogen and oxygen atoms in total. The second kappa shape index (κ2) is 6.38. The molecule has 142 valence electrons. The van der Waals surface area contributed by atoms with Crippen LogP contribution in [0, 0.1) is 0 Å². The zero-order chi connectivity index (χ0) is 20.1. The van der Waals surface area contributed by atoms with Crippen molar-refractivity contribution in [3.63, 3.8) is 0 Å². The molecule has 0 spiro atoms. The van der Waals surface area contributed by atoms with Gasteiger partial charge in [0.25, 0.3) is 0 Å². The van der Waals surface area contributed by atoms with E-state index in [-0.39, 0.29) is 0 Å². The molecule has 0 fully saturated rings. The quantitative estimate of drug-likeness (QED) is 0.394. The predicted molar refractivity (Wildman–Crippen MR) is 121 cm³/mol. The van der Waals surface area contributed by atoms with Crippen LogP contribution in [0.4, 0.5) is 0 Å². The molecule has 0 saturated heterocycles. The standard InChI is InChI=1S/C28H19NO/c30-28(20-13-5-2-6-14-20)23-17-9-7-15-21(23)25-26(28)22-16-8-10-18-24(22)29-27(25)19-11-3-1-4-12-19/h1-18,30H/t28-/m1/s1. The summed E-state index contributed by atoms with van der Waals surface area (Å²) in [5.74, 6) is 0. The van der Waals surface area contributed by atoms with E-state index in [1.807, 2.05) is 84.9 Å². The number of aromatic nitrogens is 1. The Morgan fingerprint density at radius 2 is 1.27 bits per heavy atom. The van der Waals surface area contributed by atoms with E-state index >= 15 is 0 Å². The van der Waals surface area contributed by atoms with Crippen LogP contribution < -0.4 is 0 Å². The number of hydrogen-bond acceptors (Lipinski definition) is 2. The SMILES string of the molecule is O[C@]1(c2ccccc2)c2ccccc2-c2c(-c3ccccc3)nc3ccccc3c21. The fourth-order valence-electron chi connectivity index (χ4n) is 4.79. The van der Waals surface area contributed by atoms with Gasteiger partial charge in [-0.25, -0.2) is 4.98 Å². The third kappa shape index (κ3) is 2.25. The van der Waals surface area contributed by atoms with Gasteiger partial charge in [0.15, 0.2) is 0 Å². The molecule has 1 N–H and O–H groups in total. The number of rotatable bonds is 2. The van der Waals surface area contributed by atoms with Gasteiger partial charge in [0.1, 0.15) is 5.60 Å². The maximum Gasteiger partial charge on any atom is 0.142 e. The first-order chi connectivity index (χ1) is 14.8. The topological polar surface area (TPSA) is 33.1 Å². The lowest BCUT2D eigenvalue weighted by Gasteiger charge is -2.28. The summed E-state index contributed by atoms with van der Waals surface area (Å²) in [6, 6.07) is 36.5. The first kappa shape index (κ1) is 17.1. The molecule has 1 aliphatic carbocycles. The van der Waals surface area contributed by atoms with Crippen molar-refractivity contribution in [3.8, 4) is 22.4 Å². The van der Waals surface area contributed by atoms with Gasteiger partial charge in [-0.2, -0.15) is 0 Å². The fourth-order valence-corrected chi connectivity index (χ4v) is 4.79. The Morgan fingerprint density at radius 3 is 2.07 bits per heavy atom. The lowest BCUT2D eigenvalue weighted by molar-refractivity contribution is 0.132. The number of fused-ring (bicyclic) bond motifs is 5. The minimum atomic E-state index is -1.24. The van der Waals surface area contributed by atoms with Crippen molar-refractivity contribution in [2.45, 2.75) is 5.60 Å². The maximum atomic E-state index is 12.4. The van der Waals surface area contributed by atoms with Crippen LogP contribution in [0.1, 0.15) is 16.7 Å². The molecule has 0 amide bonds. The zero-order valence-corrected chi connectivity index (χ0v) is 16.3. The molecule has 1 atom stereocenters. The van der Waals surface area contributed by atoms with Crippen LogP contribution in [0.15, 0.2) is 109 Å². The summed E-state index contributed by atoms with van der Waals surface area (Å²) in [7, 11) is 0. The third-order valence-corrected chi connectivity index (χ3v) is 6.08. The van der Waals surface area contributed by atoms with Gasteiger partial charge in [0.2, 0.25) is 0 Å². The van der Waals surface area contributed by atoms with Crippen LogP contribution in [0.5, 0.6) is 0 Å². The first-order valence-electron chi connectivity index (χ1n) is 10.1. The molecule has 1 aromatic heterocycles. The number of hydrogen-bond donors (Lipinski definition) is 1. The molecule has 0 unspecified atom stereocenters. The van der Waals surface area contributed by atoms with Crippen LogP contribution in [0.3, 0.4) is 0 Å². The van der Waals surface area contributed by atoms with E-state index in [0.717, 1.165) is 50.0 Å². The molecule has 0 radical (unpaired) electrons. The van der Waals surface area contributed by atoms with E-state index in [0.29, 0.717) is 0 Å². The first-order valence-corrected chi connectivity index (χ1v) is 10.1. The van der Waals surface area contributed by atoms with Gasteiger partial charge in [-0.1, -0.05) is 103 Å². The van der Waals surface area contributed by atoms with E-state index in [2.05, 4.69) is 24.3 Å². The Labute approximate surface area is 175 Å². The molecule has 4 aromatic carbocycles. The van der Waals surface area contributed by atoms with E-state index in [1.54, 1.807) is 0 Å².